The van der Waals surface area contributed by atoms with E-state index in [2.05, 4.69) is 79.8 Å². The van der Waals surface area contributed by atoms with Gasteiger partial charge in [-0.1, -0.05) is 41.1 Å². The average molecular weight is 417 g/mol. The first-order chi connectivity index (χ1) is 9.70. The van der Waals surface area contributed by atoms with Crippen molar-refractivity contribution in [3.63, 3.8) is 0 Å². The van der Waals surface area contributed by atoms with Crippen LogP contribution in [0.5, 0.6) is 0 Å². The Bertz CT molecular complexity index is 539. The molecule has 1 heterocycles. The van der Waals surface area contributed by atoms with E-state index in [1.54, 1.807) is 0 Å². The van der Waals surface area contributed by atoms with Crippen LogP contribution in [0.1, 0.15) is 29.7 Å². The molecule has 0 aliphatic carbocycles. The quantitative estimate of drug-likeness (QED) is 0.579. The fraction of sp³-hybridized carbons (Fsp3) is 0.375. The van der Waals surface area contributed by atoms with Crippen LogP contribution < -0.4 is 5.32 Å². The van der Waals surface area contributed by atoms with E-state index in [9.17, 15) is 0 Å². The summed E-state index contributed by atoms with van der Waals surface area (Å²) in [6.45, 7) is 4.30. The minimum absolute atomic E-state index is 0.502. The van der Waals surface area contributed by atoms with Crippen LogP contribution in [0.2, 0.25) is 0 Å². The van der Waals surface area contributed by atoms with Crippen molar-refractivity contribution in [1.29, 1.82) is 0 Å². The van der Waals surface area contributed by atoms with Crippen LogP contribution in [-0.2, 0) is 6.42 Å². The van der Waals surface area contributed by atoms with Gasteiger partial charge in [0.25, 0.3) is 0 Å². The van der Waals surface area contributed by atoms with Crippen LogP contribution in [0.4, 0.5) is 0 Å². The number of nitrogens with one attached hydrogen (secondary N) is 1. The summed E-state index contributed by atoms with van der Waals surface area (Å²) in [6, 6.07) is 10.8. The molecule has 1 atom stereocenters. The van der Waals surface area contributed by atoms with Crippen LogP contribution in [-0.4, -0.2) is 13.1 Å². The molecule has 1 aromatic heterocycles. The molecule has 20 heavy (non-hydrogen) atoms. The van der Waals surface area contributed by atoms with Gasteiger partial charge < -0.3 is 5.32 Å². The molecular weight excluding hydrogens is 398 g/mol. The zero-order chi connectivity index (χ0) is 14.4. The van der Waals surface area contributed by atoms with Crippen molar-refractivity contribution in [3.05, 3.63) is 55.1 Å². The maximum absolute atomic E-state index is 3.69. The second-order valence-electron chi connectivity index (χ2n) is 4.86. The second-order valence-corrected chi connectivity index (χ2v) is 7.62. The van der Waals surface area contributed by atoms with Gasteiger partial charge >= 0.3 is 0 Å². The predicted octanol–water partition coefficient (Wildman–Crippen LogP) is 5.60. The molecule has 0 radical (unpaired) electrons. The van der Waals surface area contributed by atoms with Crippen LogP contribution in [0.25, 0.3) is 0 Å². The van der Waals surface area contributed by atoms with Crippen LogP contribution in [0, 0.1) is 0 Å². The van der Waals surface area contributed by atoms with E-state index in [0.29, 0.717) is 5.92 Å². The summed E-state index contributed by atoms with van der Waals surface area (Å²) in [5.41, 5.74) is 1.39. The van der Waals surface area contributed by atoms with Gasteiger partial charge in [0.15, 0.2) is 0 Å². The molecule has 0 amide bonds. The summed E-state index contributed by atoms with van der Waals surface area (Å²) in [5.74, 6) is 0.502. The molecule has 4 heteroatoms. The highest BCUT2D eigenvalue weighted by Gasteiger charge is 2.15. The van der Waals surface area contributed by atoms with Gasteiger partial charge in [-0.05, 0) is 53.0 Å². The predicted molar refractivity (Wildman–Crippen MR) is 95.8 cm³/mol. The third-order valence-electron chi connectivity index (χ3n) is 3.23. The Labute approximate surface area is 142 Å². The summed E-state index contributed by atoms with van der Waals surface area (Å²) < 4.78 is 2.39. The van der Waals surface area contributed by atoms with Crippen molar-refractivity contribution in [2.45, 2.75) is 25.7 Å². The molecule has 0 aliphatic heterocycles. The van der Waals surface area contributed by atoms with Crippen molar-refractivity contribution in [2.24, 2.45) is 0 Å². The van der Waals surface area contributed by atoms with Gasteiger partial charge in [0.1, 0.15) is 0 Å². The highest BCUT2D eigenvalue weighted by molar-refractivity contribution is 9.10. The van der Waals surface area contributed by atoms with Gasteiger partial charge in [-0.2, -0.15) is 0 Å². The lowest BCUT2D eigenvalue weighted by Gasteiger charge is -2.19. The van der Waals surface area contributed by atoms with Crippen molar-refractivity contribution in [2.75, 3.05) is 13.1 Å². The smallest absolute Gasteiger partial charge is 0.0285 e. The standard InChI is InChI=1S/C16H19Br2NS/c1-2-7-19-10-12(8-14-9-13(17)11-20-14)15-5-3-4-6-16(15)18/h3-6,9,11-12,19H,2,7-8,10H2,1H3. The van der Waals surface area contributed by atoms with Crippen LogP contribution in [0.3, 0.4) is 0 Å². The molecule has 0 fully saturated rings. The topological polar surface area (TPSA) is 12.0 Å². The molecule has 108 valence electrons. The second kappa shape index (κ2) is 8.32. The first kappa shape index (κ1) is 16.2. The Morgan fingerprint density at radius 1 is 1.25 bits per heavy atom. The van der Waals surface area contributed by atoms with Gasteiger partial charge in [-0.3, -0.25) is 0 Å². The van der Waals surface area contributed by atoms with Crippen molar-refractivity contribution in [3.8, 4) is 0 Å². The molecule has 2 aromatic rings. The van der Waals surface area contributed by atoms with E-state index in [0.717, 1.165) is 19.5 Å². The van der Waals surface area contributed by atoms with E-state index in [1.807, 2.05) is 11.3 Å². The molecule has 1 unspecified atom stereocenters. The molecular formula is C16H19Br2NS. The zero-order valence-corrected chi connectivity index (χ0v) is 15.5. The SMILES string of the molecule is CCCNCC(Cc1cc(Br)cs1)c1ccccc1Br. The largest absolute Gasteiger partial charge is 0.316 e. The Kier molecular flexibility index (Phi) is 6.75. The molecule has 0 saturated carbocycles. The molecule has 0 bridgehead atoms. The molecule has 1 aromatic carbocycles. The third kappa shape index (κ3) is 4.69. The van der Waals surface area contributed by atoms with Crippen molar-refractivity contribution < 1.29 is 0 Å². The molecule has 0 saturated heterocycles. The fourth-order valence-electron chi connectivity index (χ4n) is 2.26. The lowest BCUT2D eigenvalue weighted by molar-refractivity contribution is 0.578. The van der Waals surface area contributed by atoms with Crippen molar-refractivity contribution in [1.82, 2.24) is 5.32 Å². The highest BCUT2D eigenvalue weighted by atomic mass is 79.9. The van der Waals surface area contributed by atoms with E-state index in [-0.39, 0.29) is 0 Å². The molecule has 1 nitrogen and oxygen atoms in total. The van der Waals surface area contributed by atoms with Gasteiger partial charge in [0.05, 0.1) is 0 Å². The lowest BCUT2D eigenvalue weighted by atomic mass is 9.95. The van der Waals surface area contributed by atoms with E-state index < -0.39 is 0 Å². The van der Waals surface area contributed by atoms with Gasteiger partial charge in [0, 0.05) is 31.7 Å². The summed E-state index contributed by atoms with van der Waals surface area (Å²) in [6.07, 6.45) is 2.25. The summed E-state index contributed by atoms with van der Waals surface area (Å²) >= 11 is 9.06. The normalized spacial score (nSPS) is 12.6. The van der Waals surface area contributed by atoms with Crippen LogP contribution in [0.15, 0.2) is 44.7 Å². The molecule has 0 aliphatic rings. The van der Waals surface area contributed by atoms with Gasteiger partial charge in [-0.25, -0.2) is 0 Å². The molecule has 1 N–H and O–H groups in total. The number of thiophene rings is 1. The Hall–Kier alpha value is -0.160. The third-order valence-corrected chi connectivity index (χ3v) is 5.67. The van der Waals surface area contributed by atoms with E-state index in [1.165, 1.54) is 25.8 Å². The monoisotopic (exact) mass is 415 g/mol. The average Bonchev–Trinajstić information content (AvgIpc) is 2.84. The minimum Gasteiger partial charge on any atom is -0.316 e. The first-order valence-corrected chi connectivity index (χ1v) is 9.35. The number of benzene rings is 1. The number of rotatable bonds is 7. The maximum atomic E-state index is 3.69. The fourth-order valence-corrected chi connectivity index (χ4v) is 4.40. The lowest BCUT2D eigenvalue weighted by Crippen LogP contribution is -2.23. The zero-order valence-electron chi connectivity index (χ0n) is 11.5. The van der Waals surface area contributed by atoms with E-state index in [4.69, 9.17) is 0 Å². The Balaban J connectivity index is 2.13. The highest BCUT2D eigenvalue weighted by Crippen LogP contribution is 2.30. The van der Waals surface area contributed by atoms with Gasteiger partial charge in [0.2, 0.25) is 0 Å². The van der Waals surface area contributed by atoms with E-state index >= 15 is 0 Å². The minimum atomic E-state index is 0.502. The Morgan fingerprint density at radius 3 is 2.70 bits per heavy atom. The number of hydrogen-bond acceptors (Lipinski definition) is 2. The van der Waals surface area contributed by atoms with Gasteiger partial charge in [-0.15, -0.1) is 11.3 Å². The summed E-state index contributed by atoms with van der Waals surface area (Å²) in [5, 5.41) is 5.72. The number of halogens is 2. The maximum Gasteiger partial charge on any atom is 0.0285 e. The molecule has 0 spiro atoms. The summed E-state index contributed by atoms with van der Waals surface area (Å²) in [7, 11) is 0. The van der Waals surface area contributed by atoms with Crippen LogP contribution >= 0.6 is 43.2 Å². The first-order valence-electron chi connectivity index (χ1n) is 6.88. The van der Waals surface area contributed by atoms with Crippen molar-refractivity contribution >= 4 is 43.2 Å². The summed E-state index contributed by atoms with van der Waals surface area (Å²) in [4.78, 5) is 1.43. The number of hydrogen-bond donors (Lipinski definition) is 1. The molecule has 2 rings (SSSR count). The Morgan fingerprint density at radius 2 is 2.05 bits per heavy atom.